The van der Waals surface area contributed by atoms with Gasteiger partial charge in [-0.15, -0.1) is 0 Å². The van der Waals surface area contributed by atoms with E-state index in [4.69, 9.17) is 11.7 Å². The van der Waals surface area contributed by atoms with Crippen LogP contribution in [0.1, 0.15) is 24.6 Å². The van der Waals surface area contributed by atoms with Crippen molar-refractivity contribution in [2.24, 2.45) is 5.84 Å². The number of anilines is 1. The Morgan fingerprint density at radius 3 is 2.71 bits per heavy atom. The molecule has 0 radical (unpaired) electrons. The molecule has 1 heterocycles. The van der Waals surface area contributed by atoms with Crippen molar-refractivity contribution in [1.82, 2.24) is 9.66 Å². The molecule has 78 valence electrons. The van der Waals surface area contributed by atoms with Crippen LogP contribution in [0.25, 0.3) is 0 Å². The monoisotopic (exact) mass is 197 g/mol. The standard InChI is InChI=1S/C8H15N5O/c1-3-4-6-5(2)11-8(12-9)13(10)7(6)14/h3-4,9-10H2,1-2H3,(H,11,12). The highest BCUT2D eigenvalue weighted by atomic mass is 16.1. The smallest absolute Gasteiger partial charge is 0.276 e. The molecular formula is C8H15N5O. The molecule has 0 amide bonds. The van der Waals surface area contributed by atoms with Crippen molar-refractivity contribution < 1.29 is 0 Å². The number of nitrogen functional groups attached to an aromatic ring is 2. The van der Waals surface area contributed by atoms with Crippen LogP contribution in [0.3, 0.4) is 0 Å². The summed E-state index contributed by atoms with van der Waals surface area (Å²) in [6.07, 6.45) is 1.56. The van der Waals surface area contributed by atoms with Gasteiger partial charge in [-0.1, -0.05) is 13.3 Å². The van der Waals surface area contributed by atoms with Gasteiger partial charge < -0.3 is 5.84 Å². The molecule has 1 aromatic heterocycles. The van der Waals surface area contributed by atoms with Gasteiger partial charge in [0.1, 0.15) is 0 Å². The van der Waals surface area contributed by atoms with Crippen molar-refractivity contribution in [3.05, 3.63) is 21.6 Å². The maximum atomic E-state index is 11.7. The summed E-state index contributed by atoms with van der Waals surface area (Å²) in [6.45, 7) is 3.77. The van der Waals surface area contributed by atoms with Crippen LogP contribution < -0.4 is 22.7 Å². The molecule has 0 atom stereocenters. The predicted octanol–water partition coefficient (Wildman–Crippen LogP) is -0.496. The van der Waals surface area contributed by atoms with Crippen molar-refractivity contribution in [3.63, 3.8) is 0 Å². The molecule has 0 spiro atoms. The molecule has 0 aromatic carbocycles. The highest BCUT2D eigenvalue weighted by Gasteiger charge is 2.10. The van der Waals surface area contributed by atoms with E-state index >= 15 is 0 Å². The van der Waals surface area contributed by atoms with Crippen LogP contribution in [0.15, 0.2) is 4.79 Å². The third-order valence-electron chi connectivity index (χ3n) is 2.04. The lowest BCUT2D eigenvalue weighted by Gasteiger charge is -2.10. The number of aryl methyl sites for hydroxylation is 1. The first-order valence-electron chi connectivity index (χ1n) is 4.46. The van der Waals surface area contributed by atoms with E-state index in [1.54, 1.807) is 6.92 Å². The molecule has 0 bridgehead atoms. The number of hydrazine groups is 1. The summed E-state index contributed by atoms with van der Waals surface area (Å²) in [4.78, 5) is 15.7. The molecule has 5 N–H and O–H groups in total. The second-order valence-electron chi connectivity index (χ2n) is 3.07. The number of nitrogens with zero attached hydrogens (tertiary/aromatic N) is 2. The van der Waals surface area contributed by atoms with Crippen LogP contribution in [0.5, 0.6) is 0 Å². The fourth-order valence-corrected chi connectivity index (χ4v) is 1.32. The maximum Gasteiger partial charge on any atom is 0.276 e. The van der Waals surface area contributed by atoms with Crippen LogP contribution in [0, 0.1) is 6.92 Å². The van der Waals surface area contributed by atoms with Gasteiger partial charge in [-0.25, -0.2) is 10.8 Å². The Bertz CT molecular complexity index is 384. The van der Waals surface area contributed by atoms with Crippen LogP contribution in [-0.4, -0.2) is 9.66 Å². The molecule has 0 saturated carbocycles. The van der Waals surface area contributed by atoms with Gasteiger partial charge in [0, 0.05) is 5.56 Å². The predicted molar refractivity (Wildman–Crippen MR) is 55.2 cm³/mol. The number of rotatable bonds is 3. The molecule has 0 unspecified atom stereocenters. The zero-order chi connectivity index (χ0) is 10.7. The number of hydrogen-bond donors (Lipinski definition) is 3. The van der Waals surface area contributed by atoms with E-state index < -0.39 is 0 Å². The molecule has 0 fully saturated rings. The Hall–Kier alpha value is -1.56. The third kappa shape index (κ3) is 1.69. The Kier molecular flexibility index (Phi) is 3.08. The van der Waals surface area contributed by atoms with Gasteiger partial charge in [-0.3, -0.25) is 10.2 Å². The minimum absolute atomic E-state index is 0.173. The van der Waals surface area contributed by atoms with Gasteiger partial charge in [-0.05, 0) is 13.3 Å². The number of hydrogen-bond acceptors (Lipinski definition) is 5. The Labute approximate surface area is 81.9 Å². The van der Waals surface area contributed by atoms with Gasteiger partial charge in [0.2, 0.25) is 5.95 Å². The van der Waals surface area contributed by atoms with E-state index in [1.165, 1.54) is 0 Å². The average Bonchev–Trinajstić information content (AvgIpc) is 2.18. The van der Waals surface area contributed by atoms with Crippen LogP contribution in [0.2, 0.25) is 0 Å². The van der Waals surface area contributed by atoms with Crippen LogP contribution in [0.4, 0.5) is 5.95 Å². The summed E-state index contributed by atoms with van der Waals surface area (Å²) in [5.41, 5.74) is 3.35. The minimum atomic E-state index is -0.243. The van der Waals surface area contributed by atoms with Crippen LogP contribution >= 0.6 is 0 Å². The lowest BCUT2D eigenvalue weighted by Crippen LogP contribution is -2.35. The number of nitrogens with two attached hydrogens (primary N) is 2. The molecule has 0 saturated heterocycles. The zero-order valence-electron chi connectivity index (χ0n) is 8.37. The largest absolute Gasteiger partial charge is 0.333 e. The van der Waals surface area contributed by atoms with Crippen molar-refractivity contribution in [2.75, 3.05) is 11.3 Å². The topological polar surface area (TPSA) is 99.0 Å². The first kappa shape index (κ1) is 10.5. The van der Waals surface area contributed by atoms with E-state index in [9.17, 15) is 4.79 Å². The first-order valence-corrected chi connectivity index (χ1v) is 4.46. The molecule has 6 heteroatoms. The highest BCUT2D eigenvalue weighted by Crippen LogP contribution is 2.05. The normalized spacial score (nSPS) is 10.2. The van der Waals surface area contributed by atoms with Crippen molar-refractivity contribution >= 4 is 5.95 Å². The van der Waals surface area contributed by atoms with Crippen LogP contribution in [-0.2, 0) is 6.42 Å². The second kappa shape index (κ2) is 4.10. The fourth-order valence-electron chi connectivity index (χ4n) is 1.32. The van der Waals surface area contributed by atoms with E-state index in [-0.39, 0.29) is 11.5 Å². The lowest BCUT2D eigenvalue weighted by atomic mass is 10.1. The van der Waals surface area contributed by atoms with Gasteiger partial charge in [0.25, 0.3) is 5.56 Å². The van der Waals surface area contributed by atoms with Gasteiger partial charge in [0.05, 0.1) is 5.69 Å². The minimum Gasteiger partial charge on any atom is -0.333 e. The van der Waals surface area contributed by atoms with E-state index in [2.05, 4.69) is 10.4 Å². The number of nitrogens with one attached hydrogen (secondary N) is 1. The van der Waals surface area contributed by atoms with Crippen molar-refractivity contribution in [3.8, 4) is 0 Å². The Morgan fingerprint density at radius 2 is 2.21 bits per heavy atom. The van der Waals surface area contributed by atoms with Gasteiger partial charge in [0.15, 0.2) is 0 Å². The molecule has 0 aliphatic carbocycles. The number of aromatic nitrogens is 2. The second-order valence-corrected chi connectivity index (χ2v) is 3.07. The summed E-state index contributed by atoms with van der Waals surface area (Å²) >= 11 is 0. The highest BCUT2D eigenvalue weighted by molar-refractivity contribution is 5.30. The quantitative estimate of drug-likeness (QED) is 0.448. The average molecular weight is 197 g/mol. The van der Waals surface area contributed by atoms with Gasteiger partial charge in [-0.2, -0.15) is 4.68 Å². The summed E-state index contributed by atoms with van der Waals surface area (Å²) in [6, 6.07) is 0. The molecule has 0 aliphatic rings. The molecule has 1 rings (SSSR count). The van der Waals surface area contributed by atoms with Gasteiger partial charge >= 0.3 is 0 Å². The van der Waals surface area contributed by atoms with Crippen molar-refractivity contribution in [2.45, 2.75) is 26.7 Å². The summed E-state index contributed by atoms with van der Waals surface area (Å²) in [5.74, 6) is 10.8. The lowest BCUT2D eigenvalue weighted by molar-refractivity contribution is 0.805. The van der Waals surface area contributed by atoms with E-state index in [0.29, 0.717) is 17.7 Å². The molecule has 6 nitrogen and oxygen atoms in total. The molecule has 0 aliphatic heterocycles. The molecular weight excluding hydrogens is 182 g/mol. The van der Waals surface area contributed by atoms with E-state index in [0.717, 1.165) is 11.1 Å². The maximum absolute atomic E-state index is 11.7. The first-order chi connectivity index (χ1) is 6.61. The summed E-state index contributed by atoms with van der Waals surface area (Å²) < 4.78 is 0.929. The Morgan fingerprint density at radius 1 is 1.57 bits per heavy atom. The Balaban J connectivity index is 3.34. The molecule has 1 aromatic rings. The SMILES string of the molecule is CCCc1c(C)nc(NN)n(N)c1=O. The summed E-state index contributed by atoms with van der Waals surface area (Å²) in [7, 11) is 0. The van der Waals surface area contributed by atoms with Crippen molar-refractivity contribution in [1.29, 1.82) is 0 Å². The van der Waals surface area contributed by atoms with E-state index in [1.807, 2.05) is 6.92 Å². The molecule has 14 heavy (non-hydrogen) atoms. The fraction of sp³-hybridized carbons (Fsp3) is 0.500. The third-order valence-corrected chi connectivity index (χ3v) is 2.04. The summed E-state index contributed by atoms with van der Waals surface area (Å²) in [5, 5.41) is 0. The zero-order valence-corrected chi connectivity index (χ0v) is 8.37.